The number of carbonyl (C=O) groups excluding carboxylic acids is 1. The molecule has 3 aromatic carbocycles. The van der Waals surface area contributed by atoms with Crippen LogP contribution in [0, 0.1) is 0 Å². The topological polar surface area (TPSA) is 79.8 Å². The van der Waals surface area contributed by atoms with Crippen LogP contribution in [-0.4, -0.2) is 24.5 Å². The van der Waals surface area contributed by atoms with Crippen molar-refractivity contribution in [3.63, 3.8) is 0 Å². The molecule has 0 saturated heterocycles. The van der Waals surface area contributed by atoms with Crippen LogP contribution in [0.15, 0.2) is 60.7 Å². The van der Waals surface area contributed by atoms with Crippen molar-refractivity contribution < 1.29 is 19.4 Å². The molecule has 1 atom stereocenters. The van der Waals surface area contributed by atoms with Crippen LogP contribution in [-0.2, 0) is 0 Å². The van der Waals surface area contributed by atoms with Gasteiger partial charge < -0.3 is 25.2 Å². The van der Waals surface area contributed by atoms with Crippen LogP contribution in [0.25, 0.3) is 10.8 Å². The van der Waals surface area contributed by atoms with E-state index in [-0.39, 0.29) is 13.3 Å². The highest BCUT2D eigenvalue weighted by Crippen LogP contribution is 2.34. The summed E-state index contributed by atoms with van der Waals surface area (Å²) in [4.78, 5) is 12.1. The monoisotopic (exact) mass is 350 g/mol. The molecule has 4 rings (SSSR count). The maximum atomic E-state index is 12.1. The van der Waals surface area contributed by atoms with Gasteiger partial charge in [-0.15, -0.1) is 0 Å². The Morgan fingerprint density at radius 1 is 1.04 bits per heavy atom. The van der Waals surface area contributed by atoms with Crippen LogP contribution in [0.1, 0.15) is 11.7 Å². The Morgan fingerprint density at radius 2 is 1.85 bits per heavy atom. The third-order valence-corrected chi connectivity index (χ3v) is 4.27. The molecule has 1 heterocycles. The van der Waals surface area contributed by atoms with E-state index in [1.807, 2.05) is 42.5 Å². The summed E-state index contributed by atoms with van der Waals surface area (Å²) in [5, 5.41) is 17.9. The first-order valence-corrected chi connectivity index (χ1v) is 8.31. The second kappa shape index (κ2) is 6.93. The first kappa shape index (κ1) is 16.2. The lowest BCUT2D eigenvalue weighted by molar-refractivity contribution is 0.174. The summed E-state index contributed by atoms with van der Waals surface area (Å²) in [6, 6.07) is 18.4. The molecule has 132 valence electrons. The summed E-state index contributed by atoms with van der Waals surface area (Å²) in [6.07, 6.45) is -0.802. The number of urea groups is 1. The normalized spacial score (nSPS) is 13.4. The van der Waals surface area contributed by atoms with Crippen LogP contribution < -0.4 is 20.1 Å². The van der Waals surface area contributed by atoms with Crippen molar-refractivity contribution in [3.05, 3.63) is 66.2 Å². The van der Waals surface area contributed by atoms with Gasteiger partial charge in [-0.05, 0) is 28.5 Å². The highest BCUT2D eigenvalue weighted by Gasteiger charge is 2.15. The van der Waals surface area contributed by atoms with Crippen molar-refractivity contribution in [1.82, 2.24) is 5.32 Å². The summed E-state index contributed by atoms with van der Waals surface area (Å²) in [6.45, 7) is 0.284. The molecule has 0 unspecified atom stereocenters. The molecule has 3 aromatic rings. The fraction of sp³-hybridized carbons (Fsp3) is 0.150. The summed E-state index contributed by atoms with van der Waals surface area (Å²) in [5.41, 5.74) is 1.37. The zero-order chi connectivity index (χ0) is 17.9. The molecule has 26 heavy (non-hydrogen) atoms. The minimum absolute atomic E-state index is 0.102. The van der Waals surface area contributed by atoms with Crippen LogP contribution in [0.3, 0.4) is 0 Å². The highest BCUT2D eigenvalue weighted by atomic mass is 16.7. The Hall–Kier alpha value is -3.25. The second-order valence-electron chi connectivity index (χ2n) is 5.99. The number of carbonyl (C=O) groups is 1. The van der Waals surface area contributed by atoms with Crippen LogP contribution in [0.4, 0.5) is 10.5 Å². The Balaban J connectivity index is 1.39. The van der Waals surface area contributed by atoms with Crippen molar-refractivity contribution in [3.8, 4) is 11.5 Å². The van der Waals surface area contributed by atoms with Crippen molar-refractivity contribution in [2.24, 2.45) is 0 Å². The molecule has 3 N–H and O–H groups in total. The fourth-order valence-corrected chi connectivity index (χ4v) is 2.99. The lowest BCUT2D eigenvalue weighted by atomic mass is 10.0. The van der Waals surface area contributed by atoms with E-state index < -0.39 is 12.1 Å². The molecule has 0 fully saturated rings. The number of fused-ring (bicyclic) bond motifs is 2. The number of aliphatic hydroxyl groups excluding tert-OH is 1. The first-order valence-electron chi connectivity index (χ1n) is 8.31. The van der Waals surface area contributed by atoms with Gasteiger partial charge in [0.2, 0.25) is 6.79 Å². The standard InChI is InChI=1S/C20H18N2O4/c23-17(16-7-3-5-13-4-1-2-6-15(13)16)11-21-20(24)22-14-8-9-18-19(10-14)26-12-25-18/h1-10,17,23H,11-12H2,(H2,21,22,24)/t17-/m1/s1. The zero-order valence-electron chi connectivity index (χ0n) is 13.9. The molecular weight excluding hydrogens is 332 g/mol. The molecule has 0 bridgehead atoms. The molecule has 0 aliphatic carbocycles. The summed E-state index contributed by atoms with van der Waals surface area (Å²) in [7, 11) is 0. The van der Waals surface area contributed by atoms with Gasteiger partial charge in [0.05, 0.1) is 6.10 Å². The number of ether oxygens (including phenoxy) is 2. The quantitative estimate of drug-likeness (QED) is 0.673. The van der Waals surface area contributed by atoms with Crippen molar-refractivity contribution in [2.75, 3.05) is 18.7 Å². The van der Waals surface area contributed by atoms with Gasteiger partial charge in [-0.2, -0.15) is 0 Å². The Morgan fingerprint density at radius 3 is 2.77 bits per heavy atom. The molecule has 6 nitrogen and oxygen atoms in total. The van der Waals surface area contributed by atoms with E-state index in [2.05, 4.69) is 10.6 Å². The highest BCUT2D eigenvalue weighted by molar-refractivity contribution is 5.90. The molecular formula is C20H18N2O4. The van der Waals surface area contributed by atoms with Crippen molar-refractivity contribution >= 4 is 22.5 Å². The molecule has 2 amide bonds. The predicted molar refractivity (Wildman–Crippen MR) is 98.5 cm³/mol. The minimum atomic E-state index is -0.802. The number of hydrogen-bond donors (Lipinski definition) is 3. The maximum absolute atomic E-state index is 12.1. The average Bonchev–Trinajstić information content (AvgIpc) is 3.13. The molecule has 0 radical (unpaired) electrons. The van der Waals surface area contributed by atoms with Gasteiger partial charge in [-0.1, -0.05) is 42.5 Å². The van der Waals surface area contributed by atoms with E-state index >= 15 is 0 Å². The van der Waals surface area contributed by atoms with Gasteiger partial charge >= 0.3 is 6.03 Å². The third-order valence-electron chi connectivity index (χ3n) is 4.27. The summed E-state index contributed by atoms with van der Waals surface area (Å²) >= 11 is 0. The number of rotatable bonds is 4. The molecule has 1 aliphatic heterocycles. The van der Waals surface area contributed by atoms with E-state index in [1.165, 1.54) is 0 Å². The SMILES string of the molecule is O=C(NC[C@@H](O)c1cccc2ccccc12)Nc1ccc2c(c1)OCO2. The average molecular weight is 350 g/mol. The van der Waals surface area contributed by atoms with Crippen LogP contribution >= 0.6 is 0 Å². The van der Waals surface area contributed by atoms with E-state index in [1.54, 1.807) is 18.2 Å². The Kier molecular flexibility index (Phi) is 4.33. The Labute approximate surface area is 150 Å². The number of benzene rings is 3. The fourth-order valence-electron chi connectivity index (χ4n) is 2.99. The van der Waals surface area contributed by atoms with E-state index in [4.69, 9.17) is 9.47 Å². The van der Waals surface area contributed by atoms with E-state index in [0.29, 0.717) is 17.2 Å². The zero-order valence-corrected chi connectivity index (χ0v) is 13.9. The largest absolute Gasteiger partial charge is 0.454 e. The summed E-state index contributed by atoms with van der Waals surface area (Å²) in [5.74, 6) is 1.25. The van der Waals surface area contributed by atoms with Gasteiger partial charge in [-0.3, -0.25) is 0 Å². The van der Waals surface area contributed by atoms with Gasteiger partial charge in [0.1, 0.15) is 0 Å². The molecule has 1 aliphatic rings. The Bertz CT molecular complexity index is 952. The smallest absolute Gasteiger partial charge is 0.319 e. The van der Waals surface area contributed by atoms with E-state index in [9.17, 15) is 9.90 Å². The number of nitrogens with one attached hydrogen (secondary N) is 2. The second-order valence-corrected chi connectivity index (χ2v) is 5.99. The van der Waals surface area contributed by atoms with Crippen LogP contribution in [0.2, 0.25) is 0 Å². The molecule has 6 heteroatoms. The minimum Gasteiger partial charge on any atom is -0.454 e. The maximum Gasteiger partial charge on any atom is 0.319 e. The van der Waals surface area contributed by atoms with Crippen LogP contribution in [0.5, 0.6) is 11.5 Å². The van der Waals surface area contributed by atoms with Gasteiger partial charge in [0.15, 0.2) is 11.5 Å². The molecule has 0 spiro atoms. The third kappa shape index (κ3) is 3.27. The van der Waals surface area contributed by atoms with Crippen molar-refractivity contribution in [1.29, 1.82) is 0 Å². The first-order chi connectivity index (χ1) is 12.7. The van der Waals surface area contributed by atoms with Gasteiger partial charge in [0.25, 0.3) is 0 Å². The van der Waals surface area contributed by atoms with Gasteiger partial charge in [0, 0.05) is 18.3 Å². The number of anilines is 1. The molecule has 0 saturated carbocycles. The number of amides is 2. The van der Waals surface area contributed by atoms with Gasteiger partial charge in [-0.25, -0.2) is 4.79 Å². The van der Waals surface area contributed by atoms with Crippen molar-refractivity contribution in [2.45, 2.75) is 6.10 Å². The molecule has 0 aromatic heterocycles. The predicted octanol–water partition coefficient (Wildman–Crippen LogP) is 3.42. The number of aliphatic hydroxyl groups is 1. The lowest BCUT2D eigenvalue weighted by Crippen LogP contribution is -2.32. The lowest BCUT2D eigenvalue weighted by Gasteiger charge is -2.15. The van der Waals surface area contributed by atoms with E-state index in [0.717, 1.165) is 16.3 Å². The summed E-state index contributed by atoms with van der Waals surface area (Å²) < 4.78 is 10.5. The number of hydrogen-bond acceptors (Lipinski definition) is 4.